The second-order valence-electron chi connectivity index (χ2n) is 6.22. The first-order valence-electron chi connectivity index (χ1n) is 7.68. The molecular formula is C15H18N6O2. The van der Waals surface area contributed by atoms with E-state index in [1.54, 1.807) is 23.9 Å². The first-order valence-corrected chi connectivity index (χ1v) is 7.68. The molecule has 8 nitrogen and oxygen atoms in total. The van der Waals surface area contributed by atoms with E-state index in [4.69, 9.17) is 10.5 Å². The highest BCUT2D eigenvalue weighted by Crippen LogP contribution is 2.40. The van der Waals surface area contributed by atoms with Crippen LogP contribution in [0.1, 0.15) is 37.4 Å². The number of benzene rings is 1. The summed E-state index contributed by atoms with van der Waals surface area (Å²) in [6.07, 6.45) is 3.63. The Morgan fingerprint density at radius 1 is 1.43 bits per heavy atom. The molecule has 2 aliphatic rings. The second kappa shape index (κ2) is 5.02. The minimum absolute atomic E-state index is 0.159. The number of anilines is 1. The van der Waals surface area contributed by atoms with Gasteiger partial charge in [0.15, 0.2) is 5.82 Å². The van der Waals surface area contributed by atoms with Crippen LogP contribution in [0.25, 0.3) is 5.69 Å². The molecule has 0 aliphatic heterocycles. The van der Waals surface area contributed by atoms with Gasteiger partial charge in [-0.05, 0) is 54.3 Å². The molecule has 120 valence electrons. The summed E-state index contributed by atoms with van der Waals surface area (Å²) in [6, 6.07) is 5.39. The second-order valence-corrected chi connectivity index (χ2v) is 6.22. The lowest BCUT2D eigenvalue weighted by Crippen LogP contribution is -2.37. The molecule has 4 rings (SSSR count). The van der Waals surface area contributed by atoms with Gasteiger partial charge >= 0.3 is 0 Å². The number of nitrogens with zero attached hydrogens (tertiary/aromatic N) is 4. The van der Waals surface area contributed by atoms with Gasteiger partial charge in [0, 0.05) is 11.6 Å². The third kappa shape index (κ3) is 2.55. The number of carbonyl (C=O) groups excluding carboxylic acids is 1. The normalized spacial score (nSPS) is 18.5. The highest BCUT2D eigenvalue weighted by molar-refractivity contribution is 6.00. The van der Waals surface area contributed by atoms with Crippen LogP contribution in [0.2, 0.25) is 0 Å². The molecule has 1 heterocycles. The van der Waals surface area contributed by atoms with Gasteiger partial charge in [-0.2, -0.15) is 4.68 Å². The zero-order chi connectivity index (χ0) is 16.0. The van der Waals surface area contributed by atoms with E-state index in [2.05, 4.69) is 20.8 Å². The Bertz CT molecular complexity index is 763. The molecule has 1 amide bonds. The summed E-state index contributed by atoms with van der Waals surface area (Å²) >= 11 is 0. The van der Waals surface area contributed by atoms with E-state index in [9.17, 15) is 4.79 Å². The van der Waals surface area contributed by atoms with Crippen LogP contribution in [0.3, 0.4) is 0 Å². The van der Waals surface area contributed by atoms with E-state index in [1.807, 2.05) is 6.07 Å². The molecule has 23 heavy (non-hydrogen) atoms. The topological polar surface area (TPSA) is 108 Å². The van der Waals surface area contributed by atoms with E-state index in [0.717, 1.165) is 31.5 Å². The molecule has 2 fully saturated rings. The monoisotopic (exact) mass is 314 g/mol. The maximum Gasteiger partial charge on any atom is 0.244 e. The standard InChI is InChI=1S/C15H18N6O2/c1-23-12-5-4-10(17-14(22)15(16)6-7-15)8-11(12)21-13(9-2-3-9)18-19-20-21/h4-5,8-9H,2-3,6-7,16H2,1H3,(H,17,22). The SMILES string of the molecule is COc1ccc(NC(=O)C2(N)CC2)cc1-n1nnnc1C1CC1. The van der Waals surface area contributed by atoms with Crippen molar-refractivity contribution in [2.24, 2.45) is 5.73 Å². The van der Waals surface area contributed by atoms with Crippen molar-refractivity contribution in [3.05, 3.63) is 24.0 Å². The number of rotatable bonds is 5. The third-order valence-electron chi connectivity index (χ3n) is 4.34. The zero-order valence-electron chi connectivity index (χ0n) is 12.8. The van der Waals surface area contributed by atoms with E-state index in [-0.39, 0.29) is 5.91 Å². The van der Waals surface area contributed by atoms with Crippen LogP contribution in [-0.4, -0.2) is 38.8 Å². The molecule has 0 unspecified atom stereocenters. The smallest absolute Gasteiger partial charge is 0.244 e. The number of methoxy groups -OCH3 is 1. The number of amides is 1. The fourth-order valence-electron chi connectivity index (χ4n) is 2.51. The van der Waals surface area contributed by atoms with Crippen LogP contribution in [0.4, 0.5) is 5.69 Å². The minimum atomic E-state index is -0.714. The van der Waals surface area contributed by atoms with Crippen molar-refractivity contribution in [3.63, 3.8) is 0 Å². The van der Waals surface area contributed by atoms with Crippen LogP contribution in [0.15, 0.2) is 18.2 Å². The predicted octanol–water partition coefficient (Wildman–Crippen LogP) is 0.978. The Morgan fingerprint density at radius 3 is 2.87 bits per heavy atom. The number of tetrazole rings is 1. The average molecular weight is 314 g/mol. The number of ether oxygens (including phenoxy) is 1. The summed E-state index contributed by atoms with van der Waals surface area (Å²) in [5.41, 5.74) is 6.57. The van der Waals surface area contributed by atoms with Gasteiger partial charge in [0.1, 0.15) is 11.4 Å². The number of hydrogen-bond donors (Lipinski definition) is 2. The van der Waals surface area contributed by atoms with Crippen LogP contribution < -0.4 is 15.8 Å². The highest BCUT2D eigenvalue weighted by Gasteiger charge is 2.46. The number of aromatic nitrogens is 4. The summed E-state index contributed by atoms with van der Waals surface area (Å²) in [7, 11) is 1.59. The van der Waals surface area contributed by atoms with E-state index in [0.29, 0.717) is 23.0 Å². The molecule has 2 aromatic rings. The van der Waals surface area contributed by atoms with E-state index >= 15 is 0 Å². The summed E-state index contributed by atoms with van der Waals surface area (Å²) in [5.74, 6) is 1.70. The molecule has 0 radical (unpaired) electrons. The van der Waals surface area contributed by atoms with Crippen molar-refractivity contribution < 1.29 is 9.53 Å². The number of hydrogen-bond acceptors (Lipinski definition) is 6. The lowest BCUT2D eigenvalue weighted by atomic mass is 10.2. The predicted molar refractivity (Wildman–Crippen MR) is 82.5 cm³/mol. The molecule has 1 aromatic carbocycles. The first kappa shape index (κ1) is 14.1. The maximum absolute atomic E-state index is 12.1. The number of nitrogens with one attached hydrogen (secondary N) is 1. The lowest BCUT2D eigenvalue weighted by molar-refractivity contribution is -0.118. The molecule has 8 heteroatoms. The Hall–Kier alpha value is -2.48. The van der Waals surface area contributed by atoms with Crippen molar-refractivity contribution in [3.8, 4) is 11.4 Å². The van der Waals surface area contributed by atoms with Crippen LogP contribution >= 0.6 is 0 Å². The van der Waals surface area contributed by atoms with Crippen molar-refractivity contribution in [1.29, 1.82) is 0 Å². The molecular weight excluding hydrogens is 296 g/mol. The highest BCUT2D eigenvalue weighted by atomic mass is 16.5. The number of nitrogens with two attached hydrogens (primary N) is 1. The maximum atomic E-state index is 12.1. The summed E-state index contributed by atoms with van der Waals surface area (Å²) in [5, 5.41) is 14.8. The van der Waals surface area contributed by atoms with Crippen molar-refractivity contribution >= 4 is 11.6 Å². The summed E-state index contributed by atoms with van der Waals surface area (Å²) < 4.78 is 7.09. The van der Waals surface area contributed by atoms with Crippen LogP contribution in [-0.2, 0) is 4.79 Å². The Morgan fingerprint density at radius 2 is 2.22 bits per heavy atom. The largest absolute Gasteiger partial charge is 0.494 e. The lowest BCUT2D eigenvalue weighted by Gasteiger charge is -2.14. The van der Waals surface area contributed by atoms with Gasteiger partial charge in [-0.15, -0.1) is 5.10 Å². The molecule has 0 bridgehead atoms. The van der Waals surface area contributed by atoms with Gasteiger partial charge < -0.3 is 15.8 Å². The number of carbonyl (C=O) groups is 1. The fourth-order valence-corrected chi connectivity index (χ4v) is 2.51. The Kier molecular flexibility index (Phi) is 3.08. The average Bonchev–Trinajstić information content (AvgIpc) is 3.48. The Labute approximate surface area is 133 Å². The van der Waals surface area contributed by atoms with Gasteiger partial charge in [0.05, 0.1) is 12.6 Å². The molecule has 2 saturated carbocycles. The summed E-state index contributed by atoms with van der Waals surface area (Å²) in [4.78, 5) is 12.1. The van der Waals surface area contributed by atoms with Crippen molar-refractivity contribution in [1.82, 2.24) is 20.2 Å². The summed E-state index contributed by atoms with van der Waals surface area (Å²) in [6.45, 7) is 0. The molecule has 0 atom stereocenters. The van der Waals surface area contributed by atoms with Crippen LogP contribution in [0.5, 0.6) is 5.75 Å². The Balaban J connectivity index is 1.68. The van der Waals surface area contributed by atoms with Gasteiger partial charge in [-0.1, -0.05) is 0 Å². The van der Waals surface area contributed by atoms with Crippen LogP contribution in [0, 0.1) is 0 Å². The van der Waals surface area contributed by atoms with E-state index < -0.39 is 5.54 Å². The zero-order valence-corrected chi connectivity index (χ0v) is 12.8. The van der Waals surface area contributed by atoms with Gasteiger partial charge in [0.2, 0.25) is 5.91 Å². The quantitative estimate of drug-likeness (QED) is 0.851. The third-order valence-corrected chi connectivity index (χ3v) is 4.34. The van der Waals surface area contributed by atoms with Gasteiger partial charge in [-0.25, -0.2) is 0 Å². The van der Waals surface area contributed by atoms with Gasteiger partial charge in [-0.3, -0.25) is 4.79 Å². The molecule has 1 aromatic heterocycles. The molecule has 2 aliphatic carbocycles. The van der Waals surface area contributed by atoms with Crippen molar-refractivity contribution in [2.75, 3.05) is 12.4 Å². The fraction of sp³-hybridized carbons (Fsp3) is 0.467. The molecule has 0 spiro atoms. The van der Waals surface area contributed by atoms with Gasteiger partial charge in [0.25, 0.3) is 0 Å². The molecule has 0 saturated heterocycles. The first-order chi connectivity index (χ1) is 11.1. The minimum Gasteiger partial charge on any atom is -0.494 e. The van der Waals surface area contributed by atoms with Crippen molar-refractivity contribution in [2.45, 2.75) is 37.1 Å². The van der Waals surface area contributed by atoms with E-state index in [1.165, 1.54) is 0 Å². The molecule has 3 N–H and O–H groups in total.